The number of carbonyl (C=O) groups excluding carboxylic acids is 1. The van der Waals surface area contributed by atoms with Crippen molar-refractivity contribution in [1.29, 1.82) is 0 Å². The molecule has 0 amide bonds. The Bertz CT molecular complexity index is 595. The average Bonchev–Trinajstić information content (AvgIpc) is 2.39. The fourth-order valence-electron chi connectivity index (χ4n) is 1.94. The Balaban J connectivity index is 2.13. The zero-order chi connectivity index (χ0) is 13.8. The average molecular weight is 318 g/mol. The van der Waals surface area contributed by atoms with Gasteiger partial charge in [0.05, 0.1) is 6.54 Å². The zero-order valence-corrected chi connectivity index (χ0v) is 12.6. The first kappa shape index (κ1) is 13.8. The maximum absolute atomic E-state index is 12.3. The molecule has 0 bridgehead atoms. The molecule has 0 aliphatic carbocycles. The van der Waals surface area contributed by atoms with Crippen LogP contribution >= 0.6 is 15.9 Å². The molecule has 0 spiro atoms. The second-order valence-electron chi connectivity index (χ2n) is 4.60. The fraction of sp³-hybridized carbons (Fsp3) is 0.188. The third-order valence-electron chi connectivity index (χ3n) is 3.00. The van der Waals surface area contributed by atoms with Gasteiger partial charge in [0.1, 0.15) is 0 Å². The van der Waals surface area contributed by atoms with E-state index in [0.717, 1.165) is 15.7 Å². The van der Waals surface area contributed by atoms with Gasteiger partial charge in [0.15, 0.2) is 5.78 Å². The van der Waals surface area contributed by atoms with E-state index in [1.165, 1.54) is 5.56 Å². The van der Waals surface area contributed by atoms with Crippen LogP contribution in [-0.2, 0) is 0 Å². The zero-order valence-electron chi connectivity index (χ0n) is 11.1. The summed E-state index contributed by atoms with van der Waals surface area (Å²) in [5.74, 6) is 0.108. The van der Waals surface area contributed by atoms with Crippen molar-refractivity contribution in [2.75, 3.05) is 18.5 Å². The van der Waals surface area contributed by atoms with Gasteiger partial charge in [-0.2, -0.15) is 0 Å². The minimum atomic E-state index is 0.108. The molecule has 0 aromatic heterocycles. The van der Waals surface area contributed by atoms with Gasteiger partial charge >= 0.3 is 0 Å². The number of likely N-dealkylation sites (N-methyl/N-ethyl adjacent to an activating group) is 1. The van der Waals surface area contributed by atoms with Crippen molar-refractivity contribution in [1.82, 2.24) is 0 Å². The number of carbonyl (C=O) groups is 1. The van der Waals surface area contributed by atoms with E-state index in [0.29, 0.717) is 6.54 Å². The van der Waals surface area contributed by atoms with Gasteiger partial charge in [0, 0.05) is 22.8 Å². The number of Topliss-reactive ketones (excluding diaryl/α,β-unsaturated/α-hetero) is 1. The number of rotatable bonds is 4. The Morgan fingerprint density at radius 3 is 2.58 bits per heavy atom. The monoisotopic (exact) mass is 317 g/mol. The van der Waals surface area contributed by atoms with E-state index in [4.69, 9.17) is 0 Å². The normalized spacial score (nSPS) is 10.3. The Kier molecular flexibility index (Phi) is 4.38. The van der Waals surface area contributed by atoms with Gasteiger partial charge in [0.25, 0.3) is 0 Å². The third-order valence-corrected chi connectivity index (χ3v) is 3.69. The first-order chi connectivity index (χ1) is 9.08. The highest BCUT2D eigenvalue weighted by molar-refractivity contribution is 9.10. The minimum Gasteiger partial charge on any atom is -0.367 e. The van der Waals surface area contributed by atoms with Crippen LogP contribution in [0.5, 0.6) is 0 Å². The summed E-state index contributed by atoms with van der Waals surface area (Å²) >= 11 is 3.42. The molecule has 0 aliphatic heterocycles. The maximum Gasteiger partial charge on any atom is 0.183 e. The van der Waals surface area contributed by atoms with Crippen LogP contribution < -0.4 is 4.90 Å². The number of aryl methyl sites for hydroxylation is 1. The molecule has 0 fully saturated rings. The van der Waals surface area contributed by atoms with Crippen LogP contribution in [0.4, 0.5) is 5.69 Å². The summed E-state index contributed by atoms with van der Waals surface area (Å²) in [5.41, 5.74) is 2.97. The van der Waals surface area contributed by atoms with E-state index in [2.05, 4.69) is 22.0 Å². The Hall–Kier alpha value is -1.61. The van der Waals surface area contributed by atoms with Crippen molar-refractivity contribution in [2.45, 2.75) is 6.92 Å². The van der Waals surface area contributed by atoms with Crippen LogP contribution in [0.1, 0.15) is 15.9 Å². The first-order valence-corrected chi connectivity index (χ1v) is 6.93. The van der Waals surface area contributed by atoms with Gasteiger partial charge in [-0.1, -0.05) is 46.3 Å². The molecule has 0 radical (unpaired) electrons. The van der Waals surface area contributed by atoms with E-state index in [1.807, 2.05) is 61.3 Å². The van der Waals surface area contributed by atoms with E-state index >= 15 is 0 Å². The van der Waals surface area contributed by atoms with Gasteiger partial charge in [-0.3, -0.25) is 4.79 Å². The lowest BCUT2D eigenvalue weighted by molar-refractivity contribution is 0.0999. The van der Waals surface area contributed by atoms with E-state index < -0.39 is 0 Å². The second kappa shape index (κ2) is 6.02. The number of ketones is 1. The van der Waals surface area contributed by atoms with Crippen LogP contribution in [-0.4, -0.2) is 19.4 Å². The quantitative estimate of drug-likeness (QED) is 0.792. The van der Waals surface area contributed by atoms with E-state index in [-0.39, 0.29) is 5.78 Å². The molecule has 2 nitrogen and oxygen atoms in total. The number of hydrogen-bond acceptors (Lipinski definition) is 2. The molecular formula is C16H16BrNO. The third kappa shape index (κ3) is 3.44. The lowest BCUT2D eigenvalue weighted by atomic mass is 10.1. The molecule has 2 aromatic rings. The molecule has 0 atom stereocenters. The van der Waals surface area contributed by atoms with Gasteiger partial charge in [-0.15, -0.1) is 0 Å². The van der Waals surface area contributed by atoms with Gasteiger partial charge in [0.2, 0.25) is 0 Å². The van der Waals surface area contributed by atoms with Crippen LogP contribution in [0.15, 0.2) is 53.0 Å². The number of benzene rings is 2. The number of hydrogen-bond donors (Lipinski definition) is 0. The second-order valence-corrected chi connectivity index (χ2v) is 5.45. The molecule has 0 unspecified atom stereocenters. The Labute approximate surface area is 122 Å². The molecule has 2 rings (SSSR count). The summed E-state index contributed by atoms with van der Waals surface area (Å²) in [6, 6.07) is 15.7. The summed E-state index contributed by atoms with van der Waals surface area (Å²) < 4.78 is 0.845. The van der Waals surface area contributed by atoms with Gasteiger partial charge in [-0.25, -0.2) is 0 Å². The largest absolute Gasteiger partial charge is 0.367 e. The predicted molar refractivity (Wildman–Crippen MR) is 82.9 cm³/mol. The summed E-state index contributed by atoms with van der Waals surface area (Å²) in [4.78, 5) is 14.2. The predicted octanol–water partition coefficient (Wildman–Crippen LogP) is 4.08. The SMILES string of the molecule is Cc1cccc(N(C)CC(=O)c2ccccc2Br)c1. The standard InChI is InChI=1S/C16H16BrNO/c1-12-6-5-7-13(10-12)18(2)11-16(19)14-8-3-4-9-15(14)17/h3-10H,11H2,1-2H3. The van der Waals surface area contributed by atoms with Gasteiger partial charge in [-0.05, 0) is 30.7 Å². The lowest BCUT2D eigenvalue weighted by Crippen LogP contribution is -2.25. The van der Waals surface area contributed by atoms with Crippen molar-refractivity contribution in [3.8, 4) is 0 Å². The van der Waals surface area contributed by atoms with Crippen molar-refractivity contribution in [2.24, 2.45) is 0 Å². The number of nitrogens with zero attached hydrogens (tertiary/aromatic N) is 1. The van der Waals surface area contributed by atoms with Crippen molar-refractivity contribution in [3.63, 3.8) is 0 Å². The summed E-state index contributed by atoms with van der Waals surface area (Å²) in [6.07, 6.45) is 0. The van der Waals surface area contributed by atoms with E-state index in [9.17, 15) is 4.79 Å². The topological polar surface area (TPSA) is 20.3 Å². The van der Waals surface area contributed by atoms with Crippen LogP contribution in [0.25, 0.3) is 0 Å². The molecule has 0 saturated heterocycles. The molecule has 0 aliphatic rings. The van der Waals surface area contributed by atoms with E-state index in [1.54, 1.807) is 0 Å². The lowest BCUT2D eigenvalue weighted by Gasteiger charge is -2.19. The van der Waals surface area contributed by atoms with Gasteiger partial charge < -0.3 is 4.90 Å². The van der Waals surface area contributed by atoms with Crippen LogP contribution in [0.2, 0.25) is 0 Å². The molecule has 3 heteroatoms. The van der Waals surface area contributed by atoms with Crippen molar-refractivity contribution >= 4 is 27.4 Å². The molecule has 0 N–H and O–H groups in total. The van der Waals surface area contributed by atoms with Crippen LogP contribution in [0, 0.1) is 6.92 Å². The maximum atomic E-state index is 12.3. The molecule has 2 aromatic carbocycles. The summed E-state index contributed by atoms with van der Waals surface area (Å²) in [5, 5.41) is 0. The highest BCUT2D eigenvalue weighted by Gasteiger charge is 2.12. The molecule has 19 heavy (non-hydrogen) atoms. The highest BCUT2D eigenvalue weighted by Crippen LogP contribution is 2.19. The molecular weight excluding hydrogens is 302 g/mol. The highest BCUT2D eigenvalue weighted by atomic mass is 79.9. The molecule has 0 heterocycles. The first-order valence-electron chi connectivity index (χ1n) is 6.13. The fourth-order valence-corrected chi connectivity index (χ4v) is 2.45. The molecule has 98 valence electrons. The summed E-state index contributed by atoms with van der Waals surface area (Å²) in [6.45, 7) is 2.42. The van der Waals surface area contributed by atoms with Crippen LogP contribution in [0.3, 0.4) is 0 Å². The van der Waals surface area contributed by atoms with Crippen molar-refractivity contribution < 1.29 is 4.79 Å². The number of halogens is 1. The molecule has 0 saturated carbocycles. The Morgan fingerprint density at radius 1 is 1.16 bits per heavy atom. The minimum absolute atomic E-state index is 0.108. The number of anilines is 1. The smallest absolute Gasteiger partial charge is 0.183 e. The Morgan fingerprint density at radius 2 is 1.89 bits per heavy atom. The summed E-state index contributed by atoms with van der Waals surface area (Å²) in [7, 11) is 1.93. The van der Waals surface area contributed by atoms with Crippen molar-refractivity contribution in [3.05, 3.63) is 64.1 Å².